The number of hydrogen-bond acceptors (Lipinski definition) is 3. The predicted molar refractivity (Wildman–Crippen MR) is 85.3 cm³/mol. The molecule has 3 N–H and O–H groups in total. The minimum Gasteiger partial charge on any atom is -0.463 e. The van der Waals surface area contributed by atoms with Gasteiger partial charge in [0.15, 0.2) is 5.96 Å². The van der Waals surface area contributed by atoms with Crippen LogP contribution in [0, 0.1) is 0 Å². The lowest BCUT2D eigenvalue weighted by Crippen LogP contribution is -2.38. The highest BCUT2D eigenvalue weighted by molar-refractivity contribution is 14.0. The molecule has 0 rings (SSSR count). The van der Waals surface area contributed by atoms with Gasteiger partial charge in [-0.3, -0.25) is 9.79 Å². The molecule has 0 aromatic carbocycles. The Labute approximate surface area is 127 Å². The topological polar surface area (TPSA) is 76.7 Å². The number of carbonyl (C=O) groups excluding carboxylic acids is 1. The molecule has 0 saturated heterocycles. The Morgan fingerprint density at radius 2 is 2.00 bits per heavy atom. The number of ether oxygens (including phenoxy) is 1. The van der Waals surface area contributed by atoms with Crippen LogP contribution in [-0.4, -0.2) is 30.6 Å². The predicted octanol–water partition coefficient (Wildman–Crippen LogP) is 2.04. The van der Waals surface area contributed by atoms with Gasteiger partial charge in [-0.2, -0.15) is 0 Å². The monoisotopic (exact) mass is 371 g/mol. The Bertz CT molecular complexity index is 258. The summed E-state index contributed by atoms with van der Waals surface area (Å²) < 4.78 is 5.00. The van der Waals surface area contributed by atoms with Crippen LogP contribution in [0.25, 0.3) is 0 Å². The molecule has 0 aromatic rings. The van der Waals surface area contributed by atoms with Crippen molar-refractivity contribution in [2.75, 3.05) is 6.54 Å². The smallest absolute Gasteiger partial charge is 0.306 e. The maximum atomic E-state index is 11.2. The largest absolute Gasteiger partial charge is 0.463 e. The van der Waals surface area contributed by atoms with Crippen molar-refractivity contribution in [2.24, 2.45) is 10.7 Å². The first-order chi connectivity index (χ1) is 7.95. The molecule has 0 radical (unpaired) electrons. The van der Waals surface area contributed by atoms with Crippen molar-refractivity contribution in [1.82, 2.24) is 5.32 Å². The second kappa shape index (κ2) is 11.6. The molecular weight excluding hydrogens is 345 g/mol. The summed E-state index contributed by atoms with van der Waals surface area (Å²) >= 11 is 0. The van der Waals surface area contributed by atoms with Crippen LogP contribution in [0.5, 0.6) is 0 Å². The second-order valence-corrected chi connectivity index (χ2v) is 4.36. The third kappa shape index (κ3) is 11.9. The normalized spacial score (nSPS) is 12.8. The fourth-order valence-electron chi connectivity index (χ4n) is 1.14. The van der Waals surface area contributed by atoms with E-state index in [2.05, 4.69) is 17.2 Å². The van der Waals surface area contributed by atoms with E-state index in [1.165, 1.54) is 0 Å². The number of hydrogen-bond donors (Lipinski definition) is 2. The molecule has 1 atom stereocenters. The van der Waals surface area contributed by atoms with Gasteiger partial charge in [0.25, 0.3) is 0 Å². The zero-order valence-electron chi connectivity index (χ0n) is 11.7. The number of guanidine groups is 1. The maximum absolute atomic E-state index is 11.2. The van der Waals surface area contributed by atoms with Crippen molar-refractivity contribution in [3.8, 4) is 0 Å². The molecule has 0 aromatic heterocycles. The maximum Gasteiger partial charge on any atom is 0.306 e. The summed E-state index contributed by atoms with van der Waals surface area (Å²) in [6.07, 6.45) is 1.99. The first-order valence-electron chi connectivity index (χ1n) is 6.21. The standard InChI is InChI=1S/C12H25N3O2.HI/c1-5-10(4)15-12(13)14-8-6-7-11(16)17-9(2)3;/h9-10H,5-8H2,1-4H3,(H3,13,14,15);1H. The van der Waals surface area contributed by atoms with Gasteiger partial charge in [0.1, 0.15) is 0 Å². The second-order valence-electron chi connectivity index (χ2n) is 4.36. The molecule has 18 heavy (non-hydrogen) atoms. The molecule has 0 aliphatic rings. The Balaban J connectivity index is 0. The van der Waals surface area contributed by atoms with Crippen molar-refractivity contribution in [2.45, 2.75) is 59.1 Å². The van der Waals surface area contributed by atoms with Gasteiger partial charge in [-0.1, -0.05) is 6.92 Å². The summed E-state index contributed by atoms with van der Waals surface area (Å²) in [5, 5.41) is 3.06. The van der Waals surface area contributed by atoms with Crippen molar-refractivity contribution < 1.29 is 9.53 Å². The van der Waals surface area contributed by atoms with Gasteiger partial charge in [0.05, 0.1) is 6.10 Å². The van der Waals surface area contributed by atoms with Gasteiger partial charge in [0, 0.05) is 19.0 Å². The summed E-state index contributed by atoms with van der Waals surface area (Å²) in [4.78, 5) is 15.3. The van der Waals surface area contributed by atoms with E-state index >= 15 is 0 Å². The highest BCUT2D eigenvalue weighted by Crippen LogP contribution is 1.97. The number of aliphatic imine (C=N–C) groups is 1. The number of carbonyl (C=O) groups is 1. The highest BCUT2D eigenvalue weighted by atomic mass is 127. The molecule has 108 valence electrons. The molecule has 0 bridgehead atoms. The summed E-state index contributed by atoms with van der Waals surface area (Å²) in [5.41, 5.74) is 5.67. The van der Waals surface area contributed by atoms with Gasteiger partial charge in [-0.15, -0.1) is 24.0 Å². The van der Waals surface area contributed by atoms with Crippen LogP contribution in [0.4, 0.5) is 0 Å². The summed E-state index contributed by atoms with van der Waals surface area (Å²) in [6.45, 7) is 8.34. The third-order valence-corrected chi connectivity index (χ3v) is 2.19. The minimum absolute atomic E-state index is 0. The van der Waals surface area contributed by atoms with E-state index in [9.17, 15) is 4.79 Å². The zero-order valence-corrected chi connectivity index (χ0v) is 14.1. The minimum atomic E-state index is -0.177. The lowest BCUT2D eigenvalue weighted by Gasteiger charge is -2.11. The Morgan fingerprint density at radius 1 is 1.39 bits per heavy atom. The van der Waals surface area contributed by atoms with Crippen molar-refractivity contribution >= 4 is 35.9 Å². The molecule has 0 aliphatic carbocycles. The summed E-state index contributed by atoms with van der Waals surface area (Å²) in [7, 11) is 0. The number of nitrogens with zero attached hydrogens (tertiary/aromatic N) is 1. The van der Waals surface area contributed by atoms with Crippen LogP contribution in [0.1, 0.15) is 47.0 Å². The van der Waals surface area contributed by atoms with E-state index in [1.54, 1.807) is 0 Å². The number of rotatable bonds is 7. The molecule has 0 amide bonds. The van der Waals surface area contributed by atoms with Crippen LogP contribution >= 0.6 is 24.0 Å². The van der Waals surface area contributed by atoms with E-state index < -0.39 is 0 Å². The SMILES string of the molecule is CCC(C)NC(N)=NCCCC(=O)OC(C)C.I. The fraction of sp³-hybridized carbons (Fsp3) is 0.833. The van der Waals surface area contributed by atoms with Crippen molar-refractivity contribution in [3.05, 3.63) is 0 Å². The highest BCUT2D eigenvalue weighted by Gasteiger charge is 2.04. The van der Waals surface area contributed by atoms with Crippen molar-refractivity contribution in [3.63, 3.8) is 0 Å². The van der Waals surface area contributed by atoms with Gasteiger partial charge in [0.2, 0.25) is 0 Å². The summed E-state index contributed by atoms with van der Waals surface area (Å²) in [5.74, 6) is 0.264. The molecule has 0 saturated carbocycles. The lowest BCUT2D eigenvalue weighted by atomic mass is 10.3. The molecule has 1 unspecified atom stereocenters. The molecule has 5 nitrogen and oxygen atoms in total. The van der Waals surface area contributed by atoms with E-state index in [1.807, 2.05) is 20.8 Å². The molecular formula is C12H26IN3O2. The average Bonchev–Trinajstić information content (AvgIpc) is 2.23. The molecule has 6 heteroatoms. The van der Waals surface area contributed by atoms with Gasteiger partial charge >= 0.3 is 5.97 Å². The number of nitrogens with one attached hydrogen (secondary N) is 1. The van der Waals surface area contributed by atoms with Crippen LogP contribution in [0.2, 0.25) is 0 Å². The van der Waals surface area contributed by atoms with Crippen LogP contribution < -0.4 is 11.1 Å². The molecule has 0 fully saturated rings. The Hall–Kier alpha value is -0.530. The first kappa shape index (κ1) is 19.8. The van der Waals surface area contributed by atoms with Crippen molar-refractivity contribution in [1.29, 1.82) is 0 Å². The number of halogens is 1. The summed E-state index contributed by atoms with van der Waals surface area (Å²) in [6, 6.07) is 0.324. The van der Waals surface area contributed by atoms with Crippen LogP contribution in [0.3, 0.4) is 0 Å². The third-order valence-electron chi connectivity index (χ3n) is 2.19. The van der Waals surface area contributed by atoms with E-state index in [4.69, 9.17) is 10.5 Å². The lowest BCUT2D eigenvalue weighted by molar-refractivity contribution is -0.147. The molecule has 0 heterocycles. The van der Waals surface area contributed by atoms with Gasteiger partial charge < -0.3 is 15.8 Å². The van der Waals surface area contributed by atoms with Crippen LogP contribution in [-0.2, 0) is 9.53 Å². The molecule has 0 spiro atoms. The van der Waals surface area contributed by atoms with Crippen LogP contribution in [0.15, 0.2) is 4.99 Å². The Kier molecular flexibility index (Phi) is 12.7. The van der Waals surface area contributed by atoms with Gasteiger partial charge in [-0.25, -0.2) is 0 Å². The first-order valence-corrected chi connectivity index (χ1v) is 6.21. The van der Waals surface area contributed by atoms with E-state index in [0.29, 0.717) is 31.4 Å². The fourth-order valence-corrected chi connectivity index (χ4v) is 1.14. The quantitative estimate of drug-likeness (QED) is 0.236. The van der Waals surface area contributed by atoms with E-state index in [-0.39, 0.29) is 36.0 Å². The molecule has 0 aliphatic heterocycles. The Morgan fingerprint density at radius 3 is 2.50 bits per heavy atom. The van der Waals surface area contributed by atoms with E-state index in [0.717, 1.165) is 6.42 Å². The zero-order chi connectivity index (χ0) is 13.3. The number of esters is 1. The van der Waals surface area contributed by atoms with Gasteiger partial charge in [-0.05, 0) is 33.6 Å². The average molecular weight is 371 g/mol. The number of nitrogens with two attached hydrogens (primary N) is 1.